The number of ether oxygens (including phenoxy) is 2. The van der Waals surface area contributed by atoms with Crippen molar-refractivity contribution in [1.82, 2.24) is 5.43 Å². The Balaban J connectivity index is 1.75. The van der Waals surface area contributed by atoms with Crippen LogP contribution in [0.25, 0.3) is 10.1 Å². The Labute approximate surface area is 143 Å². The van der Waals surface area contributed by atoms with Crippen LogP contribution in [0.1, 0.15) is 15.2 Å². The van der Waals surface area contributed by atoms with Crippen molar-refractivity contribution in [2.24, 2.45) is 5.10 Å². The van der Waals surface area contributed by atoms with Gasteiger partial charge in [0.1, 0.15) is 11.5 Å². The van der Waals surface area contributed by atoms with Gasteiger partial charge in [-0.25, -0.2) is 5.43 Å². The fraction of sp³-hybridized carbons (Fsp3) is 0.111. The topological polar surface area (TPSA) is 59.9 Å². The van der Waals surface area contributed by atoms with Gasteiger partial charge in [0.2, 0.25) is 0 Å². The van der Waals surface area contributed by atoms with Gasteiger partial charge in [0.25, 0.3) is 5.91 Å². The molecule has 0 saturated heterocycles. The SMILES string of the molecule is COc1ccc(C(=O)N/N=C/c2sc3ccccc3c2OC)cc1. The highest BCUT2D eigenvalue weighted by Crippen LogP contribution is 2.36. The number of nitrogens with zero attached hydrogens (tertiary/aromatic N) is 1. The second-order valence-corrected chi connectivity index (χ2v) is 6.01. The fourth-order valence-corrected chi connectivity index (χ4v) is 3.34. The summed E-state index contributed by atoms with van der Waals surface area (Å²) < 4.78 is 11.6. The Morgan fingerprint density at radius 2 is 1.83 bits per heavy atom. The van der Waals surface area contributed by atoms with Crippen LogP contribution in [0.15, 0.2) is 53.6 Å². The summed E-state index contributed by atoms with van der Waals surface area (Å²) >= 11 is 1.56. The summed E-state index contributed by atoms with van der Waals surface area (Å²) in [6, 6.07) is 14.8. The molecule has 0 bridgehead atoms. The van der Waals surface area contributed by atoms with E-state index >= 15 is 0 Å². The summed E-state index contributed by atoms with van der Waals surface area (Å²) in [4.78, 5) is 12.9. The van der Waals surface area contributed by atoms with E-state index in [0.29, 0.717) is 11.3 Å². The standard InChI is InChI=1S/C18H16N2O3S/c1-22-13-9-7-12(8-10-13)18(21)20-19-11-16-17(23-2)14-5-3-4-6-15(14)24-16/h3-11H,1-2H3,(H,20,21)/b19-11+. The first-order chi connectivity index (χ1) is 11.7. The third-order valence-corrected chi connectivity index (χ3v) is 4.57. The van der Waals surface area contributed by atoms with Gasteiger partial charge in [-0.05, 0) is 36.4 Å². The molecule has 1 N–H and O–H groups in total. The van der Waals surface area contributed by atoms with Crippen LogP contribution >= 0.6 is 11.3 Å². The van der Waals surface area contributed by atoms with Crippen molar-refractivity contribution >= 4 is 33.5 Å². The van der Waals surface area contributed by atoms with Gasteiger partial charge < -0.3 is 9.47 Å². The number of methoxy groups -OCH3 is 2. The summed E-state index contributed by atoms with van der Waals surface area (Å²) in [5.74, 6) is 1.18. The van der Waals surface area contributed by atoms with Crippen LogP contribution in [0.4, 0.5) is 0 Å². The molecule has 3 rings (SSSR count). The first-order valence-corrected chi connectivity index (χ1v) is 8.07. The van der Waals surface area contributed by atoms with Crippen molar-refractivity contribution in [3.8, 4) is 11.5 Å². The summed E-state index contributed by atoms with van der Waals surface area (Å²) in [6.07, 6.45) is 1.60. The average Bonchev–Trinajstić information content (AvgIpc) is 2.99. The number of benzene rings is 2. The third-order valence-electron chi connectivity index (χ3n) is 3.48. The molecule has 1 amide bonds. The predicted octanol–water partition coefficient (Wildman–Crippen LogP) is 3.68. The zero-order valence-electron chi connectivity index (χ0n) is 13.3. The molecule has 5 nitrogen and oxygen atoms in total. The second kappa shape index (κ2) is 7.14. The van der Waals surface area contributed by atoms with Crippen molar-refractivity contribution < 1.29 is 14.3 Å². The van der Waals surface area contributed by atoms with E-state index in [-0.39, 0.29) is 5.91 Å². The molecule has 1 heterocycles. The van der Waals surface area contributed by atoms with Crippen LogP contribution in [0.3, 0.4) is 0 Å². The van der Waals surface area contributed by atoms with Gasteiger partial charge >= 0.3 is 0 Å². The minimum atomic E-state index is -0.283. The van der Waals surface area contributed by atoms with Crippen LogP contribution in [0.5, 0.6) is 11.5 Å². The normalized spacial score (nSPS) is 10.9. The number of hydrogen-bond donors (Lipinski definition) is 1. The monoisotopic (exact) mass is 340 g/mol. The van der Waals surface area contributed by atoms with E-state index in [2.05, 4.69) is 10.5 Å². The van der Waals surface area contributed by atoms with Crippen LogP contribution in [0, 0.1) is 0 Å². The molecular formula is C18H16N2O3S. The fourth-order valence-electron chi connectivity index (χ4n) is 2.29. The molecule has 0 unspecified atom stereocenters. The zero-order valence-corrected chi connectivity index (χ0v) is 14.1. The Morgan fingerprint density at radius 3 is 2.54 bits per heavy atom. The molecule has 1 aromatic heterocycles. The molecule has 0 saturated carbocycles. The van der Waals surface area contributed by atoms with E-state index in [1.165, 1.54) is 0 Å². The summed E-state index contributed by atoms with van der Waals surface area (Å²) in [7, 11) is 3.21. The lowest BCUT2D eigenvalue weighted by molar-refractivity contribution is 0.0955. The van der Waals surface area contributed by atoms with E-state index in [9.17, 15) is 4.79 Å². The Kier molecular flexibility index (Phi) is 4.77. The molecule has 0 atom stereocenters. The quantitative estimate of drug-likeness (QED) is 0.569. The number of hydrogen-bond acceptors (Lipinski definition) is 5. The van der Waals surface area contributed by atoms with Gasteiger partial charge in [-0.15, -0.1) is 11.3 Å². The van der Waals surface area contributed by atoms with Crippen LogP contribution in [0.2, 0.25) is 0 Å². The lowest BCUT2D eigenvalue weighted by Crippen LogP contribution is -2.17. The Morgan fingerprint density at radius 1 is 1.08 bits per heavy atom. The number of hydrazone groups is 1. The molecule has 0 fully saturated rings. The number of nitrogens with one attached hydrogen (secondary N) is 1. The minimum absolute atomic E-state index is 0.283. The highest BCUT2D eigenvalue weighted by molar-refractivity contribution is 7.21. The zero-order chi connectivity index (χ0) is 16.9. The lowest BCUT2D eigenvalue weighted by atomic mass is 10.2. The van der Waals surface area contributed by atoms with E-state index in [1.54, 1.807) is 56.0 Å². The number of fused-ring (bicyclic) bond motifs is 1. The maximum Gasteiger partial charge on any atom is 0.271 e. The maximum absolute atomic E-state index is 12.1. The largest absolute Gasteiger partial charge is 0.497 e. The number of amides is 1. The number of thiophene rings is 1. The molecule has 0 aliphatic rings. The smallest absolute Gasteiger partial charge is 0.271 e. The van der Waals surface area contributed by atoms with E-state index in [1.807, 2.05) is 24.3 Å². The van der Waals surface area contributed by atoms with Crippen molar-refractivity contribution in [3.63, 3.8) is 0 Å². The van der Waals surface area contributed by atoms with Gasteiger partial charge in [0.05, 0.1) is 25.3 Å². The predicted molar refractivity (Wildman–Crippen MR) is 96.4 cm³/mol. The Hall–Kier alpha value is -2.86. The molecule has 0 aliphatic heterocycles. The minimum Gasteiger partial charge on any atom is -0.497 e. The van der Waals surface area contributed by atoms with Crippen molar-refractivity contribution in [1.29, 1.82) is 0 Å². The van der Waals surface area contributed by atoms with Crippen molar-refractivity contribution in [2.75, 3.05) is 14.2 Å². The highest BCUT2D eigenvalue weighted by atomic mass is 32.1. The average molecular weight is 340 g/mol. The lowest BCUT2D eigenvalue weighted by Gasteiger charge is -2.02. The first kappa shape index (κ1) is 16.0. The van der Waals surface area contributed by atoms with Gasteiger partial charge in [0, 0.05) is 15.6 Å². The molecule has 24 heavy (non-hydrogen) atoms. The van der Waals surface area contributed by atoms with Crippen LogP contribution in [-0.4, -0.2) is 26.3 Å². The van der Waals surface area contributed by atoms with Gasteiger partial charge in [-0.1, -0.05) is 12.1 Å². The highest BCUT2D eigenvalue weighted by Gasteiger charge is 2.11. The van der Waals surface area contributed by atoms with Gasteiger partial charge in [-0.2, -0.15) is 5.10 Å². The van der Waals surface area contributed by atoms with Crippen molar-refractivity contribution in [3.05, 3.63) is 59.0 Å². The molecule has 6 heteroatoms. The molecular weight excluding hydrogens is 324 g/mol. The first-order valence-electron chi connectivity index (χ1n) is 7.26. The number of carbonyl (C=O) groups is 1. The van der Waals surface area contributed by atoms with Crippen LogP contribution in [-0.2, 0) is 0 Å². The van der Waals surface area contributed by atoms with E-state index in [0.717, 1.165) is 20.7 Å². The molecule has 0 aliphatic carbocycles. The molecule has 122 valence electrons. The Bertz CT molecular complexity index is 885. The second-order valence-electron chi connectivity index (χ2n) is 4.92. The number of carbonyl (C=O) groups excluding carboxylic acids is 1. The van der Waals surface area contributed by atoms with E-state index < -0.39 is 0 Å². The van der Waals surface area contributed by atoms with Crippen LogP contribution < -0.4 is 14.9 Å². The summed E-state index contributed by atoms with van der Waals surface area (Å²) in [5, 5.41) is 5.07. The molecule has 2 aromatic carbocycles. The third kappa shape index (κ3) is 3.23. The molecule has 3 aromatic rings. The number of rotatable bonds is 5. The molecule has 0 spiro atoms. The van der Waals surface area contributed by atoms with Gasteiger partial charge in [0.15, 0.2) is 0 Å². The molecule has 0 radical (unpaired) electrons. The van der Waals surface area contributed by atoms with Gasteiger partial charge in [-0.3, -0.25) is 4.79 Å². The summed E-state index contributed by atoms with van der Waals surface area (Å²) in [6.45, 7) is 0. The van der Waals surface area contributed by atoms with Crippen molar-refractivity contribution in [2.45, 2.75) is 0 Å². The van der Waals surface area contributed by atoms with E-state index in [4.69, 9.17) is 9.47 Å². The summed E-state index contributed by atoms with van der Waals surface area (Å²) in [5.41, 5.74) is 3.03. The maximum atomic E-state index is 12.1.